The lowest BCUT2D eigenvalue weighted by Crippen LogP contribution is -2.52. The lowest BCUT2D eigenvalue weighted by Gasteiger charge is -2.31. The first-order valence-electron chi connectivity index (χ1n) is 14.3. The van der Waals surface area contributed by atoms with Crippen LogP contribution in [0.2, 0.25) is 0 Å². The van der Waals surface area contributed by atoms with E-state index in [2.05, 4.69) is 0 Å². The second kappa shape index (κ2) is 15.2. The monoisotopic (exact) mass is 628 g/mol. The second-order valence-corrected chi connectivity index (χ2v) is 10.9. The summed E-state index contributed by atoms with van der Waals surface area (Å²) in [4.78, 5) is 26.8. The Morgan fingerprint density at radius 2 is 1.36 bits per heavy atom. The maximum atomic E-state index is 14.2. The minimum Gasteiger partial charge on any atom is -0.497 e. The molecule has 244 valence electrons. The number of ketones is 1. The summed E-state index contributed by atoms with van der Waals surface area (Å²) in [6.07, 6.45) is 0.0290. The number of nitrogens with zero attached hydrogens (tertiary/aromatic N) is 2. The maximum absolute atomic E-state index is 14.2. The minimum absolute atomic E-state index is 0.0312. The number of ether oxygens (including phenoxy) is 3. The molecule has 2 fully saturated rings. The van der Waals surface area contributed by atoms with Crippen molar-refractivity contribution in [1.82, 2.24) is 9.80 Å². The fraction of sp³-hybridized carbons (Fsp3) is 0.548. The average Bonchev–Trinajstić information content (AvgIpc) is 3.15. The normalized spacial score (nSPS) is 21.7. The van der Waals surface area contributed by atoms with Gasteiger partial charge in [0.2, 0.25) is 11.6 Å². The number of Topliss-reactive ketones (excluding diaryl/α,β-unsaturated/α-hetero) is 1. The van der Waals surface area contributed by atoms with E-state index in [9.17, 15) is 37.4 Å². The highest BCUT2D eigenvalue weighted by atomic mass is 19.3. The van der Waals surface area contributed by atoms with Gasteiger partial charge >= 0.3 is 17.8 Å². The minimum atomic E-state index is -3.57. The van der Waals surface area contributed by atoms with Crippen LogP contribution in [-0.4, -0.2) is 96.4 Å². The number of halogens is 4. The summed E-state index contributed by atoms with van der Waals surface area (Å²) in [6, 6.07) is 14.2. The van der Waals surface area contributed by atoms with Crippen LogP contribution >= 0.6 is 0 Å². The Hall–Kier alpha value is -3.26. The molecule has 2 saturated heterocycles. The number of benzene rings is 2. The molecule has 0 saturated carbocycles. The Balaban J connectivity index is 0.000000244. The van der Waals surface area contributed by atoms with Crippen LogP contribution in [0.5, 0.6) is 11.5 Å². The highest BCUT2D eigenvalue weighted by molar-refractivity contribution is 6.02. The zero-order chi connectivity index (χ0) is 32.5. The van der Waals surface area contributed by atoms with Crippen molar-refractivity contribution < 1.29 is 51.6 Å². The van der Waals surface area contributed by atoms with Gasteiger partial charge < -0.3 is 24.4 Å². The summed E-state index contributed by atoms with van der Waals surface area (Å²) < 4.78 is 70.7. The molecule has 1 unspecified atom stereocenters. The quantitative estimate of drug-likeness (QED) is 0.195. The molecule has 0 aromatic heterocycles. The van der Waals surface area contributed by atoms with E-state index in [1.54, 1.807) is 57.5 Å². The molecule has 2 aromatic carbocycles. The molecule has 0 bridgehead atoms. The molecule has 2 aromatic rings. The molecular weight excluding hydrogens is 588 g/mol. The van der Waals surface area contributed by atoms with Gasteiger partial charge in [0.05, 0.1) is 33.9 Å². The zero-order valence-electron chi connectivity index (χ0n) is 25.1. The van der Waals surface area contributed by atoms with Crippen LogP contribution in [0.4, 0.5) is 17.6 Å². The van der Waals surface area contributed by atoms with Gasteiger partial charge in [-0.15, -0.1) is 0 Å². The van der Waals surface area contributed by atoms with Crippen LogP contribution in [-0.2, 0) is 27.4 Å². The molecule has 0 spiro atoms. The Labute approximate surface area is 254 Å². The molecule has 44 heavy (non-hydrogen) atoms. The first-order valence-corrected chi connectivity index (χ1v) is 14.3. The van der Waals surface area contributed by atoms with Crippen LogP contribution in [0, 0.1) is 5.92 Å². The molecule has 1 atom stereocenters. The summed E-state index contributed by atoms with van der Waals surface area (Å²) in [5.41, 5.74) is 1.71. The largest absolute Gasteiger partial charge is 0.497 e. The van der Waals surface area contributed by atoms with Gasteiger partial charge in [0.15, 0.2) is 0 Å². The predicted octanol–water partition coefficient (Wildman–Crippen LogP) is 3.89. The van der Waals surface area contributed by atoms with Crippen molar-refractivity contribution in [3.63, 3.8) is 0 Å². The van der Waals surface area contributed by atoms with Crippen molar-refractivity contribution in [3.05, 3.63) is 59.7 Å². The third kappa shape index (κ3) is 9.37. The van der Waals surface area contributed by atoms with E-state index in [0.717, 1.165) is 11.1 Å². The SMILES string of the molecule is CCOC(=O)C1CCN(Cc2ccc(OC)cc2)CC(F)(F)C1=O.COc1ccc(CN2CCCC(O)(O)C(F)(F)C2)cc1. The molecule has 13 heteroatoms. The van der Waals surface area contributed by atoms with Crippen molar-refractivity contribution in [2.24, 2.45) is 5.92 Å². The number of carbonyl (C=O) groups is 2. The van der Waals surface area contributed by atoms with Gasteiger partial charge in [-0.25, -0.2) is 0 Å². The van der Waals surface area contributed by atoms with E-state index >= 15 is 0 Å². The highest BCUT2D eigenvalue weighted by Crippen LogP contribution is 2.34. The van der Waals surface area contributed by atoms with Crippen molar-refractivity contribution >= 4 is 11.8 Å². The van der Waals surface area contributed by atoms with Crippen LogP contribution in [0.1, 0.15) is 37.3 Å². The van der Waals surface area contributed by atoms with Crippen molar-refractivity contribution in [3.8, 4) is 11.5 Å². The van der Waals surface area contributed by atoms with Gasteiger partial charge in [-0.1, -0.05) is 24.3 Å². The van der Waals surface area contributed by atoms with Crippen molar-refractivity contribution in [1.29, 1.82) is 0 Å². The summed E-state index contributed by atoms with van der Waals surface area (Å²) in [7, 11) is 3.11. The lowest BCUT2D eigenvalue weighted by atomic mass is 9.97. The van der Waals surface area contributed by atoms with Crippen LogP contribution in [0.25, 0.3) is 0 Å². The van der Waals surface area contributed by atoms with Crippen molar-refractivity contribution in [2.45, 2.75) is 56.9 Å². The third-order valence-corrected chi connectivity index (χ3v) is 7.54. The molecule has 4 rings (SSSR count). The third-order valence-electron chi connectivity index (χ3n) is 7.54. The summed E-state index contributed by atoms with van der Waals surface area (Å²) in [5, 5.41) is 18.8. The van der Waals surface area contributed by atoms with E-state index in [1.165, 1.54) is 9.80 Å². The Morgan fingerprint density at radius 1 is 0.864 bits per heavy atom. The molecule has 2 aliphatic heterocycles. The Morgan fingerprint density at radius 3 is 1.84 bits per heavy atom. The van der Waals surface area contributed by atoms with Crippen LogP contribution < -0.4 is 9.47 Å². The van der Waals surface area contributed by atoms with E-state index in [1.807, 2.05) is 12.1 Å². The number of rotatable bonds is 8. The molecule has 0 radical (unpaired) electrons. The van der Waals surface area contributed by atoms with Gasteiger partial charge in [0.25, 0.3) is 0 Å². The lowest BCUT2D eigenvalue weighted by molar-refractivity contribution is -0.296. The number of methoxy groups -OCH3 is 2. The molecule has 2 heterocycles. The summed E-state index contributed by atoms with van der Waals surface area (Å²) in [6.45, 7) is 1.51. The Kier molecular flexibility index (Phi) is 12.1. The first kappa shape index (κ1) is 35.2. The molecule has 9 nitrogen and oxygen atoms in total. The fourth-order valence-electron chi connectivity index (χ4n) is 5.07. The van der Waals surface area contributed by atoms with Gasteiger partial charge in [0.1, 0.15) is 17.4 Å². The number of carbonyl (C=O) groups excluding carboxylic acids is 2. The summed E-state index contributed by atoms with van der Waals surface area (Å²) in [5.74, 6) is -12.2. The molecule has 0 aliphatic carbocycles. The topological polar surface area (TPSA) is 109 Å². The summed E-state index contributed by atoms with van der Waals surface area (Å²) >= 11 is 0. The zero-order valence-corrected chi connectivity index (χ0v) is 25.1. The van der Waals surface area contributed by atoms with E-state index in [4.69, 9.17) is 14.2 Å². The van der Waals surface area contributed by atoms with Gasteiger partial charge in [-0.3, -0.25) is 19.4 Å². The Bertz CT molecular complexity index is 1230. The highest BCUT2D eigenvalue weighted by Gasteiger charge is 2.53. The van der Waals surface area contributed by atoms with E-state index in [-0.39, 0.29) is 32.5 Å². The van der Waals surface area contributed by atoms with Crippen LogP contribution in [0.15, 0.2) is 48.5 Å². The van der Waals surface area contributed by atoms with Crippen LogP contribution in [0.3, 0.4) is 0 Å². The van der Waals surface area contributed by atoms with Crippen molar-refractivity contribution in [2.75, 3.05) is 47.0 Å². The molecule has 2 aliphatic rings. The maximum Gasteiger partial charge on any atom is 0.318 e. The second-order valence-electron chi connectivity index (χ2n) is 10.9. The van der Waals surface area contributed by atoms with E-state index in [0.29, 0.717) is 31.0 Å². The number of esters is 1. The predicted molar refractivity (Wildman–Crippen MR) is 153 cm³/mol. The smallest absolute Gasteiger partial charge is 0.318 e. The average molecular weight is 629 g/mol. The number of hydrogen-bond acceptors (Lipinski definition) is 9. The van der Waals surface area contributed by atoms with Gasteiger partial charge in [0, 0.05) is 26.1 Å². The standard InChI is InChI=1S/C17H21F2NO4.C14H19F2NO3/c1-3-24-16(22)14-8-9-20(11-17(18,19)15(14)21)10-12-4-6-13(23-2)7-5-12;1-20-12-5-3-11(4-6-12)9-17-8-2-7-14(18,19)13(15,16)10-17/h4-7,14H,3,8-11H2,1-2H3;3-6,18-19H,2,7-10H2,1H3. The fourth-order valence-corrected chi connectivity index (χ4v) is 5.07. The van der Waals surface area contributed by atoms with Gasteiger partial charge in [-0.2, -0.15) is 17.6 Å². The number of aliphatic hydroxyl groups is 2. The number of hydrogen-bond donors (Lipinski definition) is 2. The molecular formula is C31H40F4N2O7. The molecule has 0 amide bonds. The number of alkyl halides is 4. The van der Waals surface area contributed by atoms with E-state index < -0.39 is 48.4 Å². The van der Waals surface area contributed by atoms with Gasteiger partial charge in [-0.05, 0) is 61.7 Å². The number of likely N-dealkylation sites (tertiary alicyclic amines) is 2. The molecule has 2 N–H and O–H groups in total. The first-order chi connectivity index (χ1) is 20.7.